The van der Waals surface area contributed by atoms with Crippen LogP contribution in [0.1, 0.15) is 24.5 Å². The monoisotopic (exact) mass is 290 g/mol. The lowest BCUT2D eigenvalue weighted by atomic mass is 10.1. The quantitative estimate of drug-likeness (QED) is 0.879. The predicted molar refractivity (Wildman–Crippen MR) is 79.5 cm³/mol. The Hall–Kier alpha value is -1.75. The molecule has 0 aromatic heterocycles. The maximum absolute atomic E-state index is 11.7. The van der Waals surface area contributed by atoms with Crippen LogP contribution in [-0.4, -0.2) is 47.9 Å². The number of nitrogens with zero attached hydrogens (tertiary/aromatic N) is 1. The molecule has 0 saturated carbocycles. The first kappa shape index (κ1) is 14.2. The van der Waals surface area contributed by atoms with Gasteiger partial charge in [-0.15, -0.1) is 0 Å². The molecule has 5 nitrogen and oxygen atoms in total. The number of amides is 2. The number of fused-ring (bicyclic) bond motifs is 1. The van der Waals surface area contributed by atoms with Crippen molar-refractivity contribution in [3.63, 3.8) is 0 Å². The van der Waals surface area contributed by atoms with E-state index in [0.717, 1.165) is 12.2 Å². The van der Waals surface area contributed by atoms with Crippen molar-refractivity contribution in [2.45, 2.75) is 38.4 Å². The molecule has 1 saturated heterocycles. The lowest BCUT2D eigenvalue weighted by Crippen LogP contribution is -2.59. The van der Waals surface area contributed by atoms with Gasteiger partial charge in [0, 0.05) is 6.54 Å². The van der Waals surface area contributed by atoms with Gasteiger partial charge in [-0.1, -0.05) is 6.07 Å². The van der Waals surface area contributed by atoms with E-state index in [-0.39, 0.29) is 18.7 Å². The maximum Gasteiger partial charge on any atom is 0.317 e. The second kappa shape index (κ2) is 5.93. The summed E-state index contributed by atoms with van der Waals surface area (Å²) in [6.45, 7) is 3.13. The van der Waals surface area contributed by atoms with Gasteiger partial charge in [0.1, 0.15) is 11.9 Å². The van der Waals surface area contributed by atoms with Crippen LogP contribution in [0, 0.1) is 0 Å². The van der Waals surface area contributed by atoms with Crippen LogP contribution in [0.15, 0.2) is 18.2 Å². The Morgan fingerprint density at radius 1 is 1.43 bits per heavy atom. The number of ether oxygens (including phenoxy) is 1. The first-order valence-electron chi connectivity index (χ1n) is 7.61. The van der Waals surface area contributed by atoms with Gasteiger partial charge < -0.3 is 20.1 Å². The van der Waals surface area contributed by atoms with Gasteiger partial charge in [0.15, 0.2) is 0 Å². The highest BCUT2D eigenvalue weighted by Gasteiger charge is 2.32. The fraction of sp³-hybridized carbons (Fsp3) is 0.562. The van der Waals surface area contributed by atoms with Crippen LogP contribution in [-0.2, 0) is 12.8 Å². The van der Waals surface area contributed by atoms with Gasteiger partial charge in [-0.05, 0) is 49.4 Å². The second-order valence-corrected chi connectivity index (χ2v) is 5.96. The molecule has 1 aliphatic carbocycles. The van der Waals surface area contributed by atoms with Crippen molar-refractivity contribution in [2.24, 2.45) is 0 Å². The number of carbonyl (C=O) groups is 1. The van der Waals surface area contributed by atoms with Gasteiger partial charge in [-0.2, -0.15) is 0 Å². The minimum Gasteiger partial charge on any atom is -0.487 e. The number of rotatable bonds is 4. The zero-order valence-electron chi connectivity index (χ0n) is 12.3. The number of nitrogens with one attached hydrogen (secondary N) is 1. The average Bonchev–Trinajstić information content (AvgIpc) is 2.87. The summed E-state index contributed by atoms with van der Waals surface area (Å²) in [5.74, 6) is 0.907. The third kappa shape index (κ3) is 3.29. The van der Waals surface area contributed by atoms with Crippen LogP contribution in [0.3, 0.4) is 0 Å². The number of hydrogen-bond donors (Lipinski definition) is 2. The fourth-order valence-corrected chi connectivity index (χ4v) is 2.84. The van der Waals surface area contributed by atoms with Crippen molar-refractivity contribution in [1.29, 1.82) is 0 Å². The molecule has 0 spiro atoms. The summed E-state index contributed by atoms with van der Waals surface area (Å²) in [5, 5.41) is 11.8. The molecule has 5 heteroatoms. The normalized spacial score (nSPS) is 18.9. The molecule has 1 aromatic carbocycles. The zero-order valence-corrected chi connectivity index (χ0v) is 12.3. The van der Waals surface area contributed by atoms with Crippen molar-refractivity contribution in [1.82, 2.24) is 10.2 Å². The zero-order chi connectivity index (χ0) is 14.8. The summed E-state index contributed by atoms with van der Waals surface area (Å²) in [7, 11) is 0. The molecule has 0 radical (unpaired) electrons. The van der Waals surface area contributed by atoms with Crippen molar-refractivity contribution in [2.75, 3.05) is 19.6 Å². The summed E-state index contributed by atoms with van der Waals surface area (Å²) in [6.07, 6.45) is 3.11. The minimum atomic E-state index is -0.520. The predicted octanol–water partition coefficient (Wildman–Crippen LogP) is 1.33. The van der Waals surface area contributed by atoms with E-state index in [1.807, 2.05) is 6.07 Å². The lowest BCUT2D eigenvalue weighted by Gasteiger charge is -2.39. The van der Waals surface area contributed by atoms with E-state index in [1.54, 1.807) is 11.8 Å². The van der Waals surface area contributed by atoms with E-state index in [9.17, 15) is 4.79 Å². The molecule has 1 atom stereocenters. The summed E-state index contributed by atoms with van der Waals surface area (Å²) in [6, 6.07) is 6.19. The Kier molecular flexibility index (Phi) is 4.01. The van der Waals surface area contributed by atoms with Gasteiger partial charge in [-0.25, -0.2) is 4.79 Å². The Morgan fingerprint density at radius 3 is 2.95 bits per heavy atom. The molecule has 1 aliphatic heterocycles. The van der Waals surface area contributed by atoms with Gasteiger partial charge in [-0.3, -0.25) is 0 Å². The Morgan fingerprint density at radius 2 is 2.19 bits per heavy atom. The number of urea groups is 1. The highest BCUT2D eigenvalue weighted by Crippen LogP contribution is 2.27. The fourth-order valence-electron chi connectivity index (χ4n) is 2.84. The third-order valence-electron chi connectivity index (χ3n) is 4.06. The maximum atomic E-state index is 11.7. The van der Waals surface area contributed by atoms with Crippen LogP contribution in [0.4, 0.5) is 4.79 Å². The van der Waals surface area contributed by atoms with Crippen LogP contribution in [0.5, 0.6) is 5.75 Å². The van der Waals surface area contributed by atoms with Gasteiger partial charge >= 0.3 is 6.03 Å². The first-order chi connectivity index (χ1) is 10.1. The van der Waals surface area contributed by atoms with Crippen LogP contribution >= 0.6 is 0 Å². The molecule has 2 amide bonds. The average molecular weight is 290 g/mol. The molecule has 1 aromatic rings. The van der Waals surface area contributed by atoms with E-state index in [1.165, 1.54) is 24.0 Å². The van der Waals surface area contributed by atoms with Crippen molar-refractivity contribution in [3.8, 4) is 5.75 Å². The Balaban J connectivity index is 1.45. The van der Waals surface area contributed by atoms with E-state index >= 15 is 0 Å². The molecule has 1 heterocycles. The van der Waals surface area contributed by atoms with E-state index < -0.39 is 6.10 Å². The molecule has 2 N–H and O–H groups in total. The third-order valence-corrected chi connectivity index (χ3v) is 4.06. The van der Waals surface area contributed by atoms with Crippen LogP contribution in [0.25, 0.3) is 0 Å². The summed E-state index contributed by atoms with van der Waals surface area (Å²) in [4.78, 5) is 13.4. The minimum absolute atomic E-state index is 0.0711. The van der Waals surface area contributed by atoms with E-state index in [4.69, 9.17) is 9.84 Å². The molecule has 21 heavy (non-hydrogen) atoms. The number of aliphatic hydroxyl groups excluding tert-OH is 1. The standard InChI is InChI=1S/C16H22N2O3/c1-11(19)8-17-16(20)18-9-15(10-18)21-14-6-5-12-3-2-4-13(12)7-14/h5-7,11,15,19H,2-4,8-10H2,1H3,(H,17,20). The molecule has 114 valence electrons. The topological polar surface area (TPSA) is 61.8 Å². The summed E-state index contributed by atoms with van der Waals surface area (Å²) >= 11 is 0. The van der Waals surface area contributed by atoms with Crippen LogP contribution in [0.2, 0.25) is 0 Å². The van der Waals surface area contributed by atoms with E-state index in [0.29, 0.717) is 13.1 Å². The number of aliphatic hydroxyl groups is 1. The number of aryl methyl sites for hydroxylation is 2. The Labute approximate surface area is 124 Å². The Bertz CT molecular complexity index is 524. The summed E-state index contributed by atoms with van der Waals surface area (Å²) < 4.78 is 5.91. The summed E-state index contributed by atoms with van der Waals surface area (Å²) in [5.41, 5.74) is 2.84. The highest BCUT2D eigenvalue weighted by molar-refractivity contribution is 5.75. The second-order valence-electron chi connectivity index (χ2n) is 5.96. The molecule has 1 fully saturated rings. The van der Waals surface area contributed by atoms with Gasteiger partial charge in [0.25, 0.3) is 0 Å². The number of hydrogen-bond acceptors (Lipinski definition) is 3. The molecular weight excluding hydrogens is 268 g/mol. The van der Waals surface area contributed by atoms with Crippen LogP contribution < -0.4 is 10.1 Å². The molecule has 2 aliphatic rings. The number of likely N-dealkylation sites (tertiary alicyclic amines) is 1. The largest absolute Gasteiger partial charge is 0.487 e. The van der Waals surface area contributed by atoms with E-state index in [2.05, 4.69) is 17.4 Å². The highest BCUT2D eigenvalue weighted by atomic mass is 16.5. The molecule has 1 unspecified atom stereocenters. The number of carbonyl (C=O) groups excluding carboxylic acids is 1. The SMILES string of the molecule is CC(O)CNC(=O)N1CC(Oc2ccc3c(c2)CCC3)C1. The smallest absolute Gasteiger partial charge is 0.317 e. The van der Waals surface area contributed by atoms with Crippen molar-refractivity contribution in [3.05, 3.63) is 29.3 Å². The van der Waals surface area contributed by atoms with Gasteiger partial charge in [0.2, 0.25) is 0 Å². The molecular formula is C16H22N2O3. The molecule has 3 rings (SSSR count). The van der Waals surface area contributed by atoms with Crippen molar-refractivity contribution >= 4 is 6.03 Å². The van der Waals surface area contributed by atoms with Gasteiger partial charge in [0.05, 0.1) is 19.2 Å². The number of benzene rings is 1. The molecule has 0 bridgehead atoms. The first-order valence-corrected chi connectivity index (χ1v) is 7.61. The lowest BCUT2D eigenvalue weighted by molar-refractivity contribution is 0.0433. The van der Waals surface area contributed by atoms with Crippen molar-refractivity contribution < 1.29 is 14.6 Å².